The summed E-state index contributed by atoms with van der Waals surface area (Å²) in [4.78, 5) is 10.9. The lowest BCUT2D eigenvalue weighted by atomic mass is 10.1. The van der Waals surface area contributed by atoms with Crippen LogP contribution in [0.1, 0.15) is 15.9 Å². The molecule has 100 valence electrons. The topological polar surface area (TPSA) is 55.1 Å². The third kappa shape index (κ3) is 2.25. The molecule has 5 heteroatoms. The highest BCUT2D eigenvalue weighted by atomic mass is 19.1. The van der Waals surface area contributed by atoms with Crippen molar-refractivity contribution in [2.24, 2.45) is 0 Å². The molecule has 0 fully saturated rings. The average molecular weight is 270 g/mol. The van der Waals surface area contributed by atoms with Gasteiger partial charge in [0.1, 0.15) is 5.82 Å². The van der Waals surface area contributed by atoms with Crippen molar-refractivity contribution >= 4 is 16.9 Å². The van der Waals surface area contributed by atoms with Gasteiger partial charge in [0.2, 0.25) is 0 Å². The molecule has 0 saturated heterocycles. The lowest BCUT2D eigenvalue weighted by Crippen LogP contribution is -2.02. The van der Waals surface area contributed by atoms with E-state index in [4.69, 9.17) is 5.11 Å². The highest BCUT2D eigenvalue weighted by molar-refractivity contribution is 5.93. The number of aromatic carboxylic acids is 1. The molecule has 0 spiro atoms. The maximum atomic E-state index is 13.2. The summed E-state index contributed by atoms with van der Waals surface area (Å²) < 4.78 is 14.9. The quantitative estimate of drug-likeness (QED) is 0.796. The molecule has 0 aliphatic rings. The normalized spacial score (nSPS) is 10.8. The predicted octanol–water partition coefficient (Wildman–Crippen LogP) is 2.92. The van der Waals surface area contributed by atoms with Gasteiger partial charge in [0.05, 0.1) is 23.8 Å². The molecule has 0 bridgehead atoms. The van der Waals surface area contributed by atoms with E-state index in [1.807, 2.05) is 6.07 Å². The third-order valence-corrected chi connectivity index (χ3v) is 3.11. The molecule has 0 unspecified atom stereocenters. The van der Waals surface area contributed by atoms with Gasteiger partial charge in [-0.15, -0.1) is 0 Å². The zero-order valence-corrected chi connectivity index (χ0v) is 10.5. The number of fused-ring (bicyclic) bond motifs is 1. The molecule has 2 aromatic carbocycles. The monoisotopic (exact) mass is 270 g/mol. The number of carboxylic acid groups (broad SMARTS) is 1. The zero-order valence-electron chi connectivity index (χ0n) is 10.5. The van der Waals surface area contributed by atoms with E-state index in [0.717, 1.165) is 16.5 Å². The first-order valence-corrected chi connectivity index (χ1v) is 6.07. The van der Waals surface area contributed by atoms with Gasteiger partial charge in [-0.05, 0) is 35.9 Å². The van der Waals surface area contributed by atoms with Gasteiger partial charge in [0.15, 0.2) is 0 Å². The summed E-state index contributed by atoms with van der Waals surface area (Å²) >= 11 is 0. The Kier molecular flexibility index (Phi) is 2.95. The van der Waals surface area contributed by atoms with E-state index >= 15 is 0 Å². The van der Waals surface area contributed by atoms with Gasteiger partial charge in [-0.25, -0.2) is 9.18 Å². The Morgan fingerprint density at radius 1 is 1.25 bits per heavy atom. The van der Waals surface area contributed by atoms with Gasteiger partial charge in [-0.1, -0.05) is 12.1 Å². The van der Waals surface area contributed by atoms with Crippen LogP contribution in [0.3, 0.4) is 0 Å². The summed E-state index contributed by atoms with van der Waals surface area (Å²) in [6, 6.07) is 11.1. The Bertz CT molecular complexity index is 795. The molecule has 0 atom stereocenters. The fourth-order valence-electron chi connectivity index (χ4n) is 2.15. The second kappa shape index (κ2) is 4.77. The van der Waals surface area contributed by atoms with Crippen molar-refractivity contribution in [1.29, 1.82) is 0 Å². The molecule has 20 heavy (non-hydrogen) atoms. The number of benzene rings is 2. The molecule has 0 saturated carbocycles. The van der Waals surface area contributed by atoms with E-state index in [2.05, 4.69) is 5.10 Å². The number of rotatable bonds is 3. The molecule has 0 amide bonds. The van der Waals surface area contributed by atoms with E-state index in [-0.39, 0.29) is 11.4 Å². The number of carboxylic acids is 1. The van der Waals surface area contributed by atoms with Crippen LogP contribution < -0.4 is 0 Å². The van der Waals surface area contributed by atoms with Crippen LogP contribution in [0.2, 0.25) is 0 Å². The summed E-state index contributed by atoms with van der Waals surface area (Å²) in [5, 5.41) is 13.9. The summed E-state index contributed by atoms with van der Waals surface area (Å²) in [7, 11) is 0. The Morgan fingerprint density at radius 2 is 2.10 bits per heavy atom. The number of carbonyl (C=O) groups is 1. The summed E-state index contributed by atoms with van der Waals surface area (Å²) in [6.07, 6.45) is 1.61. The van der Waals surface area contributed by atoms with Gasteiger partial charge in [-0.2, -0.15) is 5.10 Å². The van der Waals surface area contributed by atoms with E-state index in [0.29, 0.717) is 6.54 Å². The van der Waals surface area contributed by atoms with Crippen molar-refractivity contribution in [2.75, 3.05) is 0 Å². The first kappa shape index (κ1) is 12.3. The molecular formula is C15H11FN2O2. The van der Waals surface area contributed by atoms with Gasteiger partial charge in [-0.3, -0.25) is 4.68 Å². The largest absolute Gasteiger partial charge is 0.478 e. The lowest BCUT2D eigenvalue weighted by molar-refractivity contribution is 0.0697. The van der Waals surface area contributed by atoms with Crippen LogP contribution >= 0.6 is 0 Å². The lowest BCUT2D eigenvalue weighted by Gasteiger charge is -2.04. The van der Waals surface area contributed by atoms with Crippen molar-refractivity contribution in [1.82, 2.24) is 9.78 Å². The predicted molar refractivity (Wildman–Crippen MR) is 72.2 cm³/mol. The maximum absolute atomic E-state index is 13.2. The highest BCUT2D eigenvalue weighted by Gasteiger charge is 2.08. The molecule has 3 rings (SSSR count). The van der Waals surface area contributed by atoms with Crippen molar-refractivity contribution in [2.45, 2.75) is 6.54 Å². The number of hydrogen-bond donors (Lipinski definition) is 1. The van der Waals surface area contributed by atoms with Crippen LogP contribution in [0.5, 0.6) is 0 Å². The first-order valence-electron chi connectivity index (χ1n) is 6.07. The van der Waals surface area contributed by atoms with E-state index in [9.17, 15) is 9.18 Å². The number of hydrogen-bond acceptors (Lipinski definition) is 2. The average Bonchev–Trinajstić information content (AvgIpc) is 2.81. The van der Waals surface area contributed by atoms with Crippen LogP contribution in [-0.2, 0) is 6.54 Å². The Hall–Kier alpha value is -2.69. The van der Waals surface area contributed by atoms with Crippen LogP contribution in [0.15, 0.2) is 48.7 Å². The molecule has 3 aromatic rings. The van der Waals surface area contributed by atoms with Crippen LogP contribution in [0.4, 0.5) is 4.39 Å². The molecule has 1 heterocycles. The molecular weight excluding hydrogens is 259 g/mol. The second-order valence-corrected chi connectivity index (χ2v) is 4.51. The summed E-state index contributed by atoms with van der Waals surface area (Å²) in [5.41, 5.74) is 1.85. The van der Waals surface area contributed by atoms with E-state index in [1.54, 1.807) is 29.1 Å². The van der Waals surface area contributed by atoms with E-state index < -0.39 is 5.97 Å². The fourth-order valence-corrected chi connectivity index (χ4v) is 2.15. The van der Waals surface area contributed by atoms with Crippen molar-refractivity contribution in [3.05, 3.63) is 65.6 Å². The van der Waals surface area contributed by atoms with Crippen LogP contribution in [0, 0.1) is 5.82 Å². The zero-order chi connectivity index (χ0) is 14.1. The van der Waals surface area contributed by atoms with Crippen molar-refractivity contribution in [3.8, 4) is 0 Å². The fraction of sp³-hybridized carbons (Fsp3) is 0.0667. The smallest absolute Gasteiger partial charge is 0.335 e. The van der Waals surface area contributed by atoms with Crippen molar-refractivity contribution < 1.29 is 14.3 Å². The van der Waals surface area contributed by atoms with E-state index in [1.165, 1.54) is 18.2 Å². The molecule has 1 N–H and O–H groups in total. The second-order valence-electron chi connectivity index (χ2n) is 4.51. The highest BCUT2D eigenvalue weighted by Crippen LogP contribution is 2.17. The molecule has 1 aromatic heterocycles. The minimum atomic E-state index is -0.968. The minimum Gasteiger partial charge on any atom is -0.478 e. The van der Waals surface area contributed by atoms with Gasteiger partial charge < -0.3 is 5.11 Å². The number of nitrogens with zero attached hydrogens (tertiary/aromatic N) is 2. The standard InChI is InChI=1S/C15H11FN2O2/c16-13-3-1-2-10(6-13)9-18-14-5-4-11(15(19)20)7-12(14)8-17-18/h1-8H,9H2,(H,19,20). The first-order chi connectivity index (χ1) is 9.63. The SMILES string of the molecule is O=C(O)c1ccc2c(cnn2Cc2cccc(F)c2)c1. The summed E-state index contributed by atoms with van der Waals surface area (Å²) in [6.45, 7) is 0.438. The minimum absolute atomic E-state index is 0.225. The van der Waals surface area contributed by atoms with Crippen molar-refractivity contribution in [3.63, 3.8) is 0 Å². The number of aromatic nitrogens is 2. The van der Waals surface area contributed by atoms with Crippen LogP contribution in [-0.4, -0.2) is 20.9 Å². The Morgan fingerprint density at radius 3 is 2.85 bits per heavy atom. The Labute approximate surface area is 114 Å². The van der Waals surface area contributed by atoms with Gasteiger partial charge in [0.25, 0.3) is 0 Å². The maximum Gasteiger partial charge on any atom is 0.335 e. The molecule has 0 aliphatic carbocycles. The van der Waals surface area contributed by atoms with Gasteiger partial charge in [0, 0.05) is 5.39 Å². The third-order valence-electron chi connectivity index (χ3n) is 3.11. The van der Waals surface area contributed by atoms with Gasteiger partial charge >= 0.3 is 5.97 Å². The summed E-state index contributed by atoms with van der Waals surface area (Å²) in [5.74, 6) is -1.25. The Balaban J connectivity index is 1.98. The number of halogens is 1. The van der Waals surface area contributed by atoms with Crippen LogP contribution in [0.25, 0.3) is 10.9 Å². The molecule has 0 aliphatic heterocycles. The molecule has 0 radical (unpaired) electrons. The molecule has 4 nitrogen and oxygen atoms in total.